The number of fused-ring (bicyclic) bond motifs is 1. The lowest BCUT2D eigenvalue weighted by Gasteiger charge is -2.23. The molecule has 1 unspecified atom stereocenters. The van der Waals surface area contributed by atoms with Crippen molar-refractivity contribution >= 4 is 23.3 Å². The Balaban J connectivity index is 2.58. The molecule has 0 amide bonds. The van der Waals surface area contributed by atoms with Gasteiger partial charge in [0.1, 0.15) is 0 Å². The third-order valence-electron chi connectivity index (χ3n) is 3.53. The molecule has 4 heteroatoms. The summed E-state index contributed by atoms with van der Waals surface area (Å²) < 4.78 is 8.65. The molecule has 1 N–H and O–H groups in total. The molecule has 0 aliphatic carbocycles. The Morgan fingerprint density at radius 3 is 2.74 bits per heavy atom. The molecule has 0 saturated carbocycles. The van der Waals surface area contributed by atoms with Crippen molar-refractivity contribution in [1.82, 2.24) is 9.55 Å². The first-order valence-electron chi connectivity index (χ1n) is 6.83. The van der Waals surface area contributed by atoms with Gasteiger partial charge in [-0.1, -0.05) is 26.0 Å². The highest BCUT2D eigenvalue weighted by molar-refractivity contribution is 7.71. The fourth-order valence-corrected chi connectivity index (χ4v) is 2.81. The summed E-state index contributed by atoms with van der Waals surface area (Å²) in [6.45, 7) is 10.0. The molecule has 2 aromatic rings. The molecule has 1 aromatic heterocycles. The molecule has 1 heterocycles. The molecule has 3 nitrogen and oxygen atoms in total. The lowest BCUT2D eigenvalue weighted by Crippen LogP contribution is -2.21. The van der Waals surface area contributed by atoms with Gasteiger partial charge in [0.2, 0.25) is 0 Å². The Morgan fingerprint density at radius 1 is 1.37 bits per heavy atom. The zero-order valence-corrected chi connectivity index (χ0v) is 12.9. The summed E-state index contributed by atoms with van der Waals surface area (Å²) in [5, 5.41) is 0. The third kappa shape index (κ3) is 2.74. The van der Waals surface area contributed by atoms with Crippen LogP contribution < -0.4 is 0 Å². The molecule has 0 spiro atoms. The van der Waals surface area contributed by atoms with Crippen LogP contribution in [0.1, 0.15) is 32.4 Å². The van der Waals surface area contributed by atoms with Crippen LogP contribution in [0.2, 0.25) is 0 Å². The Morgan fingerprint density at radius 2 is 2.11 bits per heavy atom. The molecule has 19 heavy (non-hydrogen) atoms. The van der Waals surface area contributed by atoms with E-state index in [-0.39, 0.29) is 6.04 Å². The van der Waals surface area contributed by atoms with E-state index in [9.17, 15) is 0 Å². The van der Waals surface area contributed by atoms with Crippen LogP contribution in [0.3, 0.4) is 0 Å². The predicted molar refractivity (Wildman–Crippen MR) is 82.2 cm³/mol. The second-order valence-corrected chi connectivity index (χ2v) is 5.63. The van der Waals surface area contributed by atoms with Gasteiger partial charge in [0.05, 0.1) is 23.7 Å². The molecular formula is C15H22N2OS. The number of benzene rings is 1. The number of ether oxygens (including phenoxy) is 1. The number of H-pyrrole nitrogens is 1. The van der Waals surface area contributed by atoms with Crippen molar-refractivity contribution in [2.75, 3.05) is 13.2 Å². The highest BCUT2D eigenvalue weighted by Gasteiger charge is 2.20. The molecule has 0 saturated heterocycles. The van der Waals surface area contributed by atoms with Crippen molar-refractivity contribution in [2.45, 2.75) is 33.7 Å². The maximum absolute atomic E-state index is 5.64. The van der Waals surface area contributed by atoms with Crippen LogP contribution >= 0.6 is 12.2 Å². The Bertz CT molecular complexity index is 612. The minimum atomic E-state index is 0.266. The van der Waals surface area contributed by atoms with E-state index in [1.54, 1.807) is 0 Å². The van der Waals surface area contributed by atoms with Crippen LogP contribution in [-0.4, -0.2) is 22.8 Å². The van der Waals surface area contributed by atoms with E-state index >= 15 is 0 Å². The monoisotopic (exact) mass is 278 g/mol. The number of imidazole rings is 1. The molecular weight excluding hydrogens is 256 g/mol. The molecule has 0 bridgehead atoms. The largest absolute Gasteiger partial charge is 0.380 e. The van der Waals surface area contributed by atoms with Crippen LogP contribution in [0.4, 0.5) is 0 Å². The average Bonchev–Trinajstić information content (AvgIpc) is 2.68. The van der Waals surface area contributed by atoms with E-state index in [1.807, 2.05) is 6.92 Å². The molecule has 1 atom stereocenters. The highest BCUT2D eigenvalue weighted by atomic mass is 32.1. The highest BCUT2D eigenvalue weighted by Crippen LogP contribution is 2.27. The maximum atomic E-state index is 5.64. The van der Waals surface area contributed by atoms with Crippen LogP contribution in [0, 0.1) is 17.6 Å². The van der Waals surface area contributed by atoms with E-state index in [0.29, 0.717) is 12.5 Å². The summed E-state index contributed by atoms with van der Waals surface area (Å²) in [7, 11) is 0. The van der Waals surface area contributed by atoms with Gasteiger partial charge >= 0.3 is 0 Å². The second-order valence-electron chi connectivity index (χ2n) is 5.24. The third-order valence-corrected chi connectivity index (χ3v) is 3.83. The zero-order chi connectivity index (χ0) is 14.0. The lowest BCUT2D eigenvalue weighted by atomic mass is 10.0. The van der Waals surface area contributed by atoms with E-state index in [4.69, 9.17) is 17.0 Å². The summed E-state index contributed by atoms with van der Waals surface area (Å²) >= 11 is 5.51. The van der Waals surface area contributed by atoms with E-state index < -0.39 is 0 Å². The standard InChI is InChI=1S/C15H22N2OS/c1-5-18-9-13(10(2)3)17-14-11(4)7-6-8-12(14)16-15(17)19/h6-8,10,13H,5,9H2,1-4H3,(H,16,19). The van der Waals surface area contributed by atoms with Crippen LogP contribution in [0.15, 0.2) is 18.2 Å². The van der Waals surface area contributed by atoms with Crippen molar-refractivity contribution in [2.24, 2.45) is 5.92 Å². The van der Waals surface area contributed by atoms with Crippen LogP contribution in [0.5, 0.6) is 0 Å². The first kappa shape index (κ1) is 14.3. The number of nitrogens with zero attached hydrogens (tertiary/aromatic N) is 1. The van der Waals surface area contributed by atoms with E-state index in [2.05, 4.69) is 48.5 Å². The molecule has 104 valence electrons. The number of rotatable bonds is 5. The molecule has 1 aromatic carbocycles. The second kappa shape index (κ2) is 5.88. The van der Waals surface area contributed by atoms with Gasteiger partial charge in [0.15, 0.2) is 4.77 Å². The molecule has 0 fully saturated rings. The van der Waals surface area contributed by atoms with Gasteiger partial charge in [-0.15, -0.1) is 0 Å². The lowest BCUT2D eigenvalue weighted by molar-refractivity contribution is 0.0974. The maximum Gasteiger partial charge on any atom is 0.178 e. The van der Waals surface area contributed by atoms with Crippen molar-refractivity contribution in [1.29, 1.82) is 0 Å². The first-order valence-corrected chi connectivity index (χ1v) is 7.24. The van der Waals surface area contributed by atoms with Crippen molar-refractivity contribution < 1.29 is 4.74 Å². The Kier molecular flexibility index (Phi) is 4.42. The average molecular weight is 278 g/mol. The van der Waals surface area contributed by atoms with Crippen molar-refractivity contribution in [3.05, 3.63) is 28.5 Å². The topological polar surface area (TPSA) is 29.9 Å². The summed E-state index contributed by atoms with van der Waals surface area (Å²) in [6.07, 6.45) is 0. The number of aryl methyl sites for hydroxylation is 1. The van der Waals surface area contributed by atoms with Gasteiger partial charge in [0.25, 0.3) is 0 Å². The Hall–Kier alpha value is -1.13. The van der Waals surface area contributed by atoms with Crippen molar-refractivity contribution in [3.63, 3.8) is 0 Å². The summed E-state index contributed by atoms with van der Waals surface area (Å²) in [4.78, 5) is 3.30. The summed E-state index contributed by atoms with van der Waals surface area (Å²) in [5.41, 5.74) is 3.55. The van der Waals surface area contributed by atoms with Gasteiger partial charge in [-0.05, 0) is 43.6 Å². The number of hydrogen-bond donors (Lipinski definition) is 1. The van der Waals surface area contributed by atoms with E-state index in [1.165, 1.54) is 11.1 Å². The number of hydrogen-bond acceptors (Lipinski definition) is 2. The summed E-state index contributed by atoms with van der Waals surface area (Å²) in [6, 6.07) is 6.52. The van der Waals surface area contributed by atoms with Crippen molar-refractivity contribution in [3.8, 4) is 0 Å². The van der Waals surface area contributed by atoms with Gasteiger partial charge in [0, 0.05) is 6.61 Å². The normalized spacial score (nSPS) is 13.3. The van der Waals surface area contributed by atoms with Crippen LogP contribution in [-0.2, 0) is 4.74 Å². The summed E-state index contributed by atoms with van der Waals surface area (Å²) in [5.74, 6) is 0.469. The molecule has 0 aliphatic rings. The molecule has 0 aliphatic heterocycles. The number of para-hydroxylation sites is 1. The number of aromatic amines is 1. The smallest absolute Gasteiger partial charge is 0.178 e. The zero-order valence-electron chi connectivity index (χ0n) is 12.1. The number of nitrogens with one attached hydrogen (secondary N) is 1. The minimum Gasteiger partial charge on any atom is -0.380 e. The van der Waals surface area contributed by atoms with Gasteiger partial charge < -0.3 is 14.3 Å². The van der Waals surface area contributed by atoms with Crippen LogP contribution in [0.25, 0.3) is 11.0 Å². The quantitative estimate of drug-likeness (QED) is 0.829. The predicted octanol–water partition coefficient (Wildman–Crippen LogP) is 4.24. The van der Waals surface area contributed by atoms with Gasteiger partial charge in [-0.2, -0.15) is 0 Å². The minimum absolute atomic E-state index is 0.266. The number of aromatic nitrogens is 2. The fourth-order valence-electron chi connectivity index (χ4n) is 2.48. The molecule has 2 rings (SSSR count). The fraction of sp³-hybridized carbons (Fsp3) is 0.533. The molecule has 0 radical (unpaired) electrons. The van der Waals surface area contributed by atoms with E-state index in [0.717, 1.165) is 16.9 Å². The van der Waals surface area contributed by atoms with Gasteiger partial charge in [-0.3, -0.25) is 0 Å². The first-order chi connectivity index (χ1) is 9.06. The SMILES string of the molecule is CCOCC(C(C)C)n1c(=S)[nH]c2cccc(C)c21. The van der Waals surface area contributed by atoms with Gasteiger partial charge in [-0.25, -0.2) is 0 Å². The Labute approximate surface area is 119 Å².